The summed E-state index contributed by atoms with van der Waals surface area (Å²) in [5.41, 5.74) is 0.722. The minimum absolute atomic E-state index is 0.0418. The summed E-state index contributed by atoms with van der Waals surface area (Å²) >= 11 is 0. The molecule has 3 aromatic heterocycles. The van der Waals surface area contributed by atoms with Gasteiger partial charge in [-0.15, -0.1) is 10.2 Å². The van der Waals surface area contributed by atoms with Crippen LogP contribution in [0.1, 0.15) is 50.9 Å². The summed E-state index contributed by atoms with van der Waals surface area (Å²) in [5, 5.41) is 27.5. The lowest BCUT2D eigenvalue weighted by Crippen LogP contribution is -2.43. The van der Waals surface area contributed by atoms with Gasteiger partial charge in [0, 0.05) is 42.7 Å². The lowest BCUT2D eigenvalue weighted by Gasteiger charge is -2.34. The Morgan fingerprint density at radius 3 is 2.78 bits per heavy atom. The summed E-state index contributed by atoms with van der Waals surface area (Å²) in [7, 11) is 0. The predicted molar refractivity (Wildman–Crippen MR) is 137 cm³/mol. The summed E-state index contributed by atoms with van der Waals surface area (Å²) in [4.78, 5) is 24.2. The average molecular weight is 502 g/mol. The molecule has 4 aromatic rings. The molecule has 1 saturated carbocycles. The van der Waals surface area contributed by atoms with E-state index in [1.165, 1.54) is 0 Å². The highest BCUT2D eigenvalue weighted by Crippen LogP contribution is 2.30. The molecule has 0 bridgehead atoms. The van der Waals surface area contributed by atoms with Crippen molar-refractivity contribution in [1.29, 1.82) is 0 Å². The number of nitrogens with zero attached hydrogens (tertiary/aromatic N) is 8. The molecule has 2 N–H and O–H groups in total. The number of carbonyl (C=O) groups excluding carboxylic acids is 1. The monoisotopic (exact) mass is 501 g/mol. The number of hydrogen-bond donors (Lipinski definition) is 2. The van der Waals surface area contributed by atoms with Crippen LogP contribution in [0.3, 0.4) is 0 Å². The van der Waals surface area contributed by atoms with Crippen LogP contribution in [-0.2, 0) is 23.5 Å². The quantitative estimate of drug-likeness (QED) is 0.427. The van der Waals surface area contributed by atoms with Crippen LogP contribution in [0.2, 0.25) is 0 Å². The van der Waals surface area contributed by atoms with E-state index in [4.69, 9.17) is 4.98 Å². The highest BCUT2D eigenvalue weighted by Gasteiger charge is 2.32. The molecule has 0 spiro atoms. The first-order valence-corrected chi connectivity index (χ1v) is 12.8. The fraction of sp³-hybridized carbons (Fsp3) is 0.462. The Labute approximate surface area is 214 Å². The first-order valence-electron chi connectivity index (χ1n) is 12.8. The zero-order valence-electron chi connectivity index (χ0n) is 21.1. The van der Waals surface area contributed by atoms with Crippen molar-refractivity contribution in [3.8, 4) is 5.82 Å². The summed E-state index contributed by atoms with van der Waals surface area (Å²) in [6.45, 7) is 5.54. The van der Waals surface area contributed by atoms with E-state index in [1.54, 1.807) is 37.3 Å². The summed E-state index contributed by atoms with van der Waals surface area (Å²) in [5.74, 6) is 2.32. The molecule has 37 heavy (non-hydrogen) atoms. The molecule has 0 radical (unpaired) electrons. The van der Waals surface area contributed by atoms with Gasteiger partial charge in [0.15, 0.2) is 11.6 Å². The average Bonchev–Trinajstić information content (AvgIpc) is 3.55. The molecule has 1 aliphatic carbocycles. The SMILES string of the molecule is CC(C)(O)c1cccc2c1cnn2-c1ccnc(NC2CCC(C(=O)N3CCn4cnnc4C3)CC2)n1. The Hall–Kier alpha value is -3.86. The van der Waals surface area contributed by atoms with Crippen LogP contribution in [0, 0.1) is 5.92 Å². The molecule has 0 unspecified atom stereocenters. The molecule has 0 saturated heterocycles. The standard InChI is InChI=1S/C26H31N9O2/c1-26(2,37)20-4-3-5-21-19(20)14-29-35(21)22-10-11-27-25(31-22)30-18-8-6-17(7-9-18)24(36)33-12-13-34-16-28-32-23(34)15-33/h3-5,10-11,14,16-18,37H,6-9,12-13,15H2,1-2H3,(H,27,30,31). The molecule has 4 heterocycles. The third kappa shape index (κ3) is 4.55. The number of aromatic nitrogens is 7. The van der Waals surface area contributed by atoms with E-state index in [9.17, 15) is 9.90 Å². The zero-order chi connectivity index (χ0) is 25.6. The highest BCUT2D eigenvalue weighted by molar-refractivity contribution is 5.84. The van der Waals surface area contributed by atoms with Gasteiger partial charge < -0.3 is 19.9 Å². The van der Waals surface area contributed by atoms with Crippen LogP contribution in [0.4, 0.5) is 5.95 Å². The molecular weight excluding hydrogens is 470 g/mol. The largest absolute Gasteiger partial charge is 0.386 e. The molecule has 1 aromatic carbocycles. The van der Waals surface area contributed by atoms with Crippen molar-refractivity contribution in [2.75, 3.05) is 11.9 Å². The Balaban J connectivity index is 1.11. The normalized spacial score (nSPS) is 20.1. The van der Waals surface area contributed by atoms with Gasteiger partial charge in [0.05, 0.1) is 23.9 Å². The maximum atomic E-state index is 13.1. The van der Waals surface area contributed by atoms with Gasteiger partial charge in [-0.25, -0.2) is 9.67 Å². The van der Waals surface area contributed by atoms with Gasteiger partial charge in [0.25, 0.3) is 0 Å². The minimum Gasteiger partial charge on any atom is -0.386 e. The molecular formula is C26H31N9O2. The van der Waals surface area contributed by atoms with Crippen LogP contribution < -0.4 is 5.32 Å². The third-order valence-electron chi connectivity index (χ3n) is 7.49. The number of benzene rings is 1. The van der Waals surface area contributed by atoms with E-state index < -0.39 is 5.60 Å². The summed E-state index contributed by atoms with van der Waals surface area (Å²) < 4.78 is 3.78. The van der Waals surface area contributed by atoms with Crippen molar-refractivity contribution in [2.24, 2.45) is 5.92 Å². The van der Waals surface area contributed by atoms with E-state index in [2.05, 4.69) is 25.6 Å². The van der Waals surface area contributed by atoms with Gasteiger partial charge in [0.2, 0.25) is 11.9 Å². The van der Waals surface area contributed by atoms with Crippen LogP contribution in [0.5, 0.6) is 0 Å². The van der Waals surface area contributed by atoms with Crippen molar-refractivity contribution in [1.82, 2.24) is 39.4 Å². The van der Waals surface area contributed by atoms with Crippen LogP contribution in [0.25, 0.3) is 16.7 Å². The first kappa shape index (κ1) is 23.5. The molecule has 11 heteroatoms. The fourth-order valence-corrected chi connectivity index (χ4v) is 5.48. The second-order valence-corrected chi connectivity index (χ2v) is 10.5. The molecule has 1 aliphatic heterocycles. The number of aliphatic hydroxyl groups is 1. The topological polar surface area (TPSA) is 127 Å². The van der Waals surface area contributed by atoms with Gasteiger partial charge in [-0.05, 0) is 51.2 Å². The van der Waals surface area contributed by atoms with E-state index in [0.29, 0.717) is 24.9 Å². The van der Waals surface area contributed by atoms with Gasteiger partial charge in [0.1, 0.15) is 6.33 Å². The Kier molecular flexibility index (Phi) is 5.86. The van der Waals surface area contributed by atoms with Gasteiger partial charge in [-0.2, -0.15) is 10.1 Å². The van der Waals surface area contributed by atoms with Crippen molar-refractivity contribution in [3.63, 3.8) is 0 Å². The van der Waals surface area contributed by atoms with Crippen molar-refractivity contribution in [2.45, 2.75) is 64.3 Å². The van der Waals surface area contributed by atoms with Crippen molar-refractivity contribution >= 4 is 22.8 Å². The second-order valence-electron chi connectivity index (χ2n) is 10.5. The minimum atomic E-state index is -0.973. The molecule has 1 fully saturated rings. The van der Waals surface area contributed by atoms with E-state index in [-0.39, 0.29) is 17.9 Å². The molecule has 192 valence electrons. The smallest absolute Gasteiger partial charge is 0.226 e. The lowest BCUT2D eigenvalue weighted by molar-refractivity contribution is -0.138. The first-order chi connectivity index (χ1) is 17.9. The Morgan fingerprint density at radius 2 is 1.97 bits per heavy atom. The highest BCUT2D eigenvalue weighted by atomic mass is 16.3. The molecule has 0 atom stereocenters. The van der Waals surface area contributed by atoms with E-state index in [0.717, 1.165) is 54.5 Å². The zero-order valence-corrected chi connectivity index (χ0v) is 21.1. The predicted octanol–water partition coefficient (Wildman–Crippen LogP) is 2.65. The molecule has 11 nitrogen and oxygen atoms in total. The third-order valence-corrected chi connectivity index (χ3v) is 7.49. The number of amides is 1. The van der Waals surface area contributed by atoms with Crippen molar-refractivity contribution in [3.05, 3.63) is 54.4 Å². The van der Waals surface area contributed by atoms with Crippen LogP contribution in [0.15, 0.2) is 43.0 Å². The number of hydrogen-bond acceptors (Lipinski definition) is 8. The van der Waals surface area contributed by atoms with E-state index in [1.807, 2.05) is 33.7 Å². The van der Waals surface area contributed by atoms with Crippen LogP contribution >= 0.6 is 0 Å². The maximum Gasteiger partial charge on any atom is 0.226 e. The molecule has 2 aliphatic rings. The maximum absolute atomic E-state index is 13.1. The number of fused-ring (bicyclic) bond motifs is 2. The Bertz CT molecular complexity index is 1430. The van der Waals surface area contributed by atoms with Gasteiger partial charge >= 0.3 is 0 Å². The van der Waals surface area contributed by atoms with Gasteiger partial charge in [-0.3, -0.25) is 4.79 Å². The molecule has 1 amide bonds. The number of nitrogens with one attached hydrogen (secondary N) is 1. The molecule has 6 rings (SSSR count). The number of rotatable bonds is 5. The van der Waals surface area contributed by atoms with Crippen molar-refractivity contribution < 1.29 is 9.90 Å². The number of carbonyl (C=O) groups is 1. The fourth-order valence-electron chi connectivity index (χ4n) is 5.48. The summed E-state index contributed by atoms with van der Waals surface area (Å²) in [6.07, 6.45) is 8.66. The second kappa shape index (κ2) is 9.22. The lowest BCUT2D eigenvalue weighted by atomic mass is 9.85. The number of anilines is 1. The van der Waals surface area contributed by atoms with Gasteiger partial charge in [-0.1, -0.05) is 12.1 Å². The Morgan fingerprint density at radius 1 is 1.14 bits per heavy atom. The summed E-state index contributed by atoms with van der Waals surface area (Å²) in [6, 6.07) is 7.84. The van der Waals surface area contributed by atoms with E-state index >= 15 is 0 Å². The van der Waals surface area contributed by atoms with Crippen LogP contribution in [-0.4, -0.2) is 63.0 Å².